The third-order valence-electron chi connectivity index (χ3n) is 3.47. The molecule has 24 heavy (non-hydrogen) atoms. The Hall–Kier alpha value is -1.89. The van der Waals surface area contributed by atoms with Gasteiger partial charge in [0.15, 0.2) is 5.82 Å². The summed E-state index contributed by atoms with van der Waals surface area (Å²) in [6.07, 6.45) is 2.76. The van der Waals surface area contributed by atoms with Gasteiger partial charge in [0.1, 0.15) is 6.26 Å². The van der Waals surface area contributed by atoms with E-state index in [-0.39, 0.29) is 12.4 Å². The van der Waals surface area contributed by atoms with E-state index in [1.165, 1.54) is 0 Å². The molecule has 0 amide bonds. The summed E-state index contributed by atoms with van der Waals surface area (Å²) in [5.74, 6) is 1.75. The molecule has 0 radical (unpaired) electrons. The Labute approximate surface area is 151 Å². The van der Waals surface area contributed by atoms with Crippen molar-refractivity contribution in [3.63, 3.8) is 0 Å². The van der Waals surface area contributed by atoms with Gasteiger partial charge in [0, 0.05) is 23.0 Å². The number of rotatable bonds is 6. The number of benzene rings is 1. The highest BCUT2D eigenvalue weighted by Gasteiger charge is 2.13. The molecule has 6 nitrogen and oxygen atoms in total. The van der Waals surface area contributed by atoms with Crippen LogP contribution in [0.1, 0.15) is 24.3 Å². The predicted octanol–water partition coefficient (Wildman–Crippen LogP) is 3.54. The maximum absolute atomic E-state index is 5.88. The van der Waals surface area contributed by atoms with E-state index in [0.717, 1.165) is 17.7 Å². The number of aromatic nitrogens is 3. The molecular formula is C16H18Cl2N4O2. The second kappa shape index (κ2) is 8.28. The first-order valence-electron chi connectivity index (χ1n) is 7.33. The summed E-state index contributed by atoms with van der Waals surface area (Å²) in [4.78, 5) is 8.81. The predicted molar refractivity (Wildman–Crippen MR) is 93.5 cm³/mol. The summed E-state index contributed by atoms with van der Waals surface area (Å²) in [5, 5.41) is 7.79. The first kappa shape index (κ1) is 18.4. The van der Waals surface area contributed by atoms with E-state index in [9.17, 15) is 0 Å². The van der Waals surface area contributed by atoms with Gasteiger partial charge in [-0.2, -0.15) is 4.98 Å². The van der Waals surface area contributed by atoms with Gasteiger partial charge in [-0.3, -0.25) is 0 Å². The van der Waals surface area contributed by atoms with Gasteiger partial charge in [-0.25, -0.2) is 4.98 Å². The molecule has 8 heteroatoms. The normalized spacial score (nSPS) is 12.0. The number of likely N-dealkylation sites (N-methyl/N-ethyl adjacent to an activating group) is 1. The number of nitrogens with zero attached hydrogens (tertiary/aromatic N) is 3. The molecule has 0 aliphatic heterocycles. The third-order valence-corrected chi connectivity index (χ3v) is 3.72. The van der Waals surface area contributed by atoms with Crippen molar-refractivity contribution in [3.8, 4) is 11.5 Å². The van der Waals surface area contributed by atoms with Crippen molar-refractivity contribution in [2.75, 3.05) is 7.05 Å². The molecule has 0 aliphatic rings. The van der Waals surface area contributed by atoms with Crippen LogP contribution >= 0.6 is 24.0 Å². The minimum absolute atomic E-state index is 0. The van der Waals surface area contributed by atoms with E-state index in [1.54, 1.807) is 18.4 Å². The molecule has 0 bridgehead atoms. The molecule has 128 valence electrons. The molecule has 3 aromatic rings. The van der Waals surface area contributed by atoms with Crippen LogP contribution in [0.5, 0.6) is 0 Å². The molecular weight excluding hydrogens is 351 g/mol. The molecule has 0 aliphatic carbocycles. The van der Waals surface area contributed by atoms with Crippen molar-refractivity contribution >= 4 is 24.0 Å². The van der Waals surface area contributed by atoms with Crippen molar-refractivity contribution in [1.29, 1.82) is 0 Å². The van der Waals surface area contributed by atoms with Crippen molar-refractivity contribution in [1.82, 2.24) is 20.4 Å². The zero-order valence-electron chi connectivity index (χ0n) is 13.3. The van der Waals surface area contributed by atoms with E-state index in [2.05, 4.69) is 27.4 Å². The average Bonchev–Trinajstić information content (AvgIpc) is 3.18. The fourth-order valence-electron chi connectivity index (χ4n) is 2.09. The highest BCUT2D eigenvalue weighted by molar-refractivity contribution is 6.30. The maximum Gasteiger partial charge on any atom is 0.232 e. The lowest BCUT2D eigenvalue weighted by molar-refractivity contribution is 0.376. The minimum Gasteiger partial charge on any atom is -0.444 e. The quantitative estimate of drug-likeness (QED) is 0.716. The fraction of sp³-hybridized carbons (Fsp3) is 0.312. The Morgan fingerprint density at radius 3 is 2.67 bits per heavy atom. The van der Waals surface area contributed by atoms with E-state index in [0.29, 0.717) is 35.1 Å². The van der Waals surface area contributed by atoms with Crippen LogP contribution in [0, 0.1) is 0 Å². The van der Waals surface area contributed by atoms with E-state index < -0.39 is 0 Å². The van der Waals surface area contributed by atoms with Gasteiger partial charge in [-0.05, 0) is 38.2 Å². The summed E-state index contributed by atoms with van der Waals surface area (Å²) in [6, 6.07) is 7.62. The lowest BCUT2D eigenvalue weighted by Crippen LogP contribution is -2.24. The van der Waals surface area contributed by atoms with Crippen LogP contribution in [0.15, 0.2) is 39.5 Å². The highest BCUT2D eigenvalue weighted by atomic mass is 35.5. The number of halogens is 2. The number of hydrogen-bond acceptors (Lipinski definition) is 6. The first-order valence-corrected chi connectivity index (χ1v) is 7.71. The smallest absolute Gasteiger partial charge is 0.232 e. The van der Waals surface area contributed by atoms with Crippen LogP contribution in [0.4, 0.5) is 0 Å². The van der Waals surface area contributed by atoms with Gasteiger partial charge in [0.2, 0.25) is 11.8 Å². The Bertz CT molecular complexity index is 770. The Balaban J connectivity index is 0.00000208. The van der Waals surface area contributed by atoms with E-state index in [1.807, 2.05) is 19.2 Å². The number of hydrogen-bond donors (Lipinski definition) is 1. The molecule has 3 rings (SSSR count). The van der Waals surface area contributed by atoms with Gasteiger partial charge in [0.25, 0.3) is 0 Å². The zero-order valence-corrected chi connectivity index (χ0v) is 14.9. The molecule has 2 aromatic heterocycles. The first-order chi connectivity index (χ1) is 11.1. The summed E-state index contributed by atoms with van der Waals surface area (Å²) in [6.45, 7) is 2.06. The van der Waals surface area contributed by atoms with Crippen LogP contribution < -0.4 is 5.32 Å². The molecule has 0 saturated heterocycles. The number of nitrogens with one attached hydrogen (secondary N) is 1. The lowest BCUT2D eigenvalue weighted by Gasteiger charge is -2.04. The van der Waals surface area contributed by atoms with Crippen molar-refractivity contribution in [2.45, 2.75) is 25.8 Å². The van der Waals surface area contributed by atoms with E-state index in [4.69, 9.17) is 20.5 Å². The summed E-state index contributed by atoms with van der Waals surface area (Å²) < 4.78 is 10.8. The summed E-state index contributed by atoms with van der Waals surface area (Å²) >= 11 is 5.88. The molecule has 1 unspecified atom stereocenters. The molecule has 1 aromatic carbocycles. The van der Waals surface area contributed by atoms with Gasteiger partial charge in [-0.1, -0.05) is 16.8 Å². The van der Waals surface area contributed by atoms with Crippen LogP contribution in [0.2, 0.25) is 5.02 Å². The monoisotopic (exact) mass is 368 g/mol. The topological polar surface area (TPSA) is 77.0 Å². The second-order valence-electron chi connectivity index (χ2n) is 5.33. The maximum atomic E-state index is 5.88. The molecule has 2 heterocycles. The second-order valence-corrected chi connectivity index (χ2v) is 5.76. The van der Waals surface area contributed by atoms with Crippen molar-refractivity contribution in [3.05, 3.63) is 53.0 Å². The minimum atomic E-state index is 0. The van der Waals surface area contributed by atoms with Crippen LogP contribution in [0.3, 0.4) is 0 Å². The summed E-state index contributed by atoms with van der Waals surface area (Å²) in [7, 11) is 1.90. The SMILES string of the molecule is CNC(C)Cc1noc(Cc2coc(-c3ccc(Cl)cc3)n2)n1.Cl. The van der Waals surface area contributed by atoms with E-state index >= 15 is 0 Å². The molecule has 0 saturated carbocycles. The average molecular weight is 369 g/mol. The Kier molecular flexibility index (Phi) is 6.36. The highest BCUT2D eigenvalue weighted by Crippen LogP contribution is 2.21. The molecule has 0 fully saturated rings. The molecule has 1 N–H and O–H groups in total. The Morgan fingerprint density at radius 1 is 1.21 bits per heavy atom. The fourth-order valence-corrected chi connectivity index (χ4v) is 2.21. The zero-order chi connectivity index (χ0) is 16.2. The third kappa shape index (κ3) is 4.56. The van der Waals surface area contributed by atoms with Crippen LogP contribution in [-0.4, -0.2) is 28.2 Å². The van der Waals surface area contributed by atoms with Gasteiger partial charge in [-0.15, -0.1) is 12.4 Å². The standard InChI is InChI=1S/C16H17ClN4O2.ClH/c1-10(18-2)7-14-20-15(23-21-14)8-13-9-22-16(19-13)11-3-5-12(17)6-4-11;/h3-6,9-10,18H,7-8H2,1-2H3;1H. The van der Waals surface area contributed by atoms with Crippen LogP contribution in [-0.2, 0) is 12.8 Å². The number of oxazole rings is 1. The van der Waals surface area contributed by atoms with Crippen molar-refractivity contribution < 1.29 is 8.94 Å². The Morgan fingerprint density at radius 2 is 1.96 bits per heavy atom. The van der Waals surface area contributed by atoms with Gasteiger partial charge >= 0.3 is 0 Å². The molecule has 1 atom stereocenters. The molecule has 0 spiro atoms. The summed E-state index contributed by atoms with van der Waals surface area (Å²) in [5.41, 5.74) is 1.61. The lowest BCUT2D eigenvalue weighted by atomic mass is 10.2. The largest absolute Gasteiger partial charge is 0.444 e. The van der Waals surface area contributed by atoms with Gasteiger partial charge in [0.05, 0.1) is 12.1 Å². The van der Waals surface area contributed by atoms with Crippen molar-refractivity contribution in [2.24, 2.45) is 0 Å². The van der Waals surface area contributed by atoms with Gasteiger partial charge < -0.3 is 14.3 Å². The van der Waals surface area contributed by atoms with Crippen LogP contribution in [0.25, 0.3) is 11.5 Å².